The molecule has 3 rings (SSSR count). The van der Waals surface area contributed by atoms with Gasteiger partial charge in [-0.25, -0.2) is 4.98 Å². The van der Waals surface area contributed by atoms with Crippen LogP contribution in [0.4, 0.5) is 0 Å². The first kappa shape index (κ1) is 47.9. The van der Waals surface area contributed by atoms with Crippen molar-refractivity contribution in [3.63, 3.8) is 0 Å². The molecule has 57 heavy (non-hydrogen) atoms. The summed E-state index contributed by atoms with van der Waals surface area (Å²) in [6.45, 7) is 14.1. The summed E-state index contributed by atoms with van der Waals surface area (Å²) in [4.78, 5) is 66.0. The molecule has 1 aliphatic rings. The van der Waals surface area contributed by atoms with Crippen molar-refractivity contribution in [2.24, 2.45) is 23.7 Å². The normalized spacial score (nSPS) is 18.8. The highest BCUT2D eigenvalue weighted by molar-refractivity contribution is 7.09. The second-order valence-electron chi connectivity index (χ2n) is 16.6. The Morgan fingerprint density at radius 3 is 2.16 bits per heavy atom. The monoisotopic (exact) mass is 815 g/mol. The van der Waals surface area contributed by atoms with Crippen LogP contribution in [0.15, 0.2) is 35.7 Å². The van der Waals surface area contributed by atoms with Crippen LogP contribution in [0.1, 0.15) is 96.5 Å². The van der Waals surface area contributed by atoms with Crippen LogP contribution in [0.2, 0.25) is 0 Å². The van der Waals surface area contributed by atoms with E-state index < -0.39 is 42.3 Å². The Labute approximate surface area is 345 Å². The van der Waals surface area contributed by atoms with E-state index in [1.54, 1.807) is 31.5 Å². The van der Waals surface area contributed by atoms with Crippen molar-refractivity contribution in [1.82, 2.24) is 30.3 Å². The molecule has 0 saturated carbocycles. The topological polar surface area (TPSA) is 154 Å². The molecule has 1 aliphatic heterocycles. The lowest BCUT2D eigenvalue weighted by Gasteiger charge is -2.41. The van der Waals surface area contributed by atoms with E-state index in [4.69, 9.17) is 9.47 Å². The number of aliphatic hydroxyl groups is 1. The summed E-state index contributed by atoms with van der Waals surface area (Å²) in [5.41, 5.74) is 1.59. The summed E-state index contributed by atoms with van der Waals surface area (Å²) < 4.78 is 12.1. The second kappa shape index (κ2) is 22.6. The Hall–Kier alpha value is -3.43. The Bertz CT molecular complexity index is 1560. The van der Waals surface area contributed by atoms with Crippen LogP contribution < -0.4 is 10.6 Å². The van der Waals surface area contributed by atoms with Crippen LogP contribution in [0.25, 0.3) is 0 Å². The number of likely N-dealkylation sites (N-methyl/N-ethyl adjacent to an activating group) is 2. The van der Waals surface area contributed by atoms with Crippen molar-refractivity contribution in [2.45, 2.75) is 130 Å². The number of nitrogens with one attached hydrogen (secondary N) is 2. The number of likely N-dealkylation sites (tertiary alicyclic amines) is 1. The van der Waals surface area contributed by atoms with Crippen molar-refractivity contribution in [3.05, 3.63) is 52.0 Å². The molecule has 1 aromatic heterocycles. The maximum absolute atomic E-state index is 14.3. The molecule has 0 unspecified atom stereocenters. The second-order valence-corrected chi connectivity index (χ2v) is 17.4. The Morgan fingerprint density at radius 1 is 0.965 bits per heavy atom. The van der Waals surface area contributed by atoms with Gasteiger partial charge in [0, 0.05) is 33.2 Å². The van der Waals surface area contributed by atoms with Crippen molar-refractivity contribution < 1.29 is 33.8 Å². The highest BCUT2D eigenvalue weighted by atomic mass is 32.1. The highest BCUT2D eigenvalue weighted by Crippen LogP contribution is 2.31. The fraction of sp³-hybridized carbons (Fsp3) is 0.698. The van der Waals surface area contributed by atoms with Gasteiger partial charge in [-0.05, 0) is 56.7 Å². The third kappa shape index (κ3) is 12.5. The maximum atomic E-state index is 14.3. The minimum atomic E-state index is -0.763. The molecule has 13 nitrogen and oxygen atoms in total. The molecule has 4 amide bonds. The first-order valence-corrected chi connectivity index (χ1v) is 21.4. The van der Waals surface area contributed by atoms with Crippen molar-refractivity contribution >= 4 is 35.0 Å². The van der Waals surface area contributed by atoms with E-state index in [1.807, 2.05) is 95.8 Å². The number of aromatic nitrogens is 1. The molecule has 1 saturated heterocycles. The molecule has 0 spiro atoms. The lowest BCUT2D eigenvalue weighted by Crippen LogP contribution is -2.59. The molecule has 0 bridgehead atoms. The molecule has 3 N–H and O–H groups in total. The molecule has 2 heterocycles. The summed E-state index contributed by atoms with van der Waals surface area (Å²) in [7, 11) is 8.61. The van der Waals surface area contributed by atoms with Crippen LogP contribution in [0.3, 0.4) is 0 Å². The fourth-order valence-corrected chi connectivity index (χ4v) is 9.18. The van der Waals surface area contributed by atoms with E-state index in [0.29, 0.717) is 30.1 Å². The Morgan fingerprint density at radius 2 is 1.63 bits per heavy atom. The minimum absolute atomic E-state index is 0.0228. The summed E-state index contributed by atoms with van der Waals surface area (Å²) in [5, 5.41) is 18.4. The molecule has 1 fully saturated rings. The molecule has 14 heteroatoms. The smallest absolute Gasteiger partial charge is 0.245 e. The van der Waals surface area contributed by atoms with Crippen LogP contribution in [-0.2, 0) is 41.7 Å². The number of methoxy groups -OCH3 is 2. The van der Waals surface area contributed by atoms with E-state index in [1.165, 1.54) is 11.3 Å². The molecular weight excluding hydrogens is 745 g/mol. The van der Waals surface area contributed by atoms with Crippen LogP contribution in [0, 0.1) is 23.7 Å². The van der Waals surface area contributed by atoms with Gasteiger partial charge in [0.1, 0.15) is 11.0 Å². The fourth-order valence-electron chi connectivity index (χ4n) is 8.32. The number of hydrogen-bond acceptors (Lipinski definition) is 10. The average Bonchev–Trinajstić information content (AvgIpc) is 3.87. The van der Waals surface area contributed by atoms with E-state index in [9.17, 15) is 24.3 Å². The van der Waals surface area contributed by atoms with Gasteiger partial charge in [0.2, 0.25) is 23.6 Å². The molecule has 9 atom stereocenters. The molecular formula is C43H70N6O7S. The third-order valence-electron chi connectivity index (χ3n) is 11.6. The van der Waals surface area contributed by atoms with Crippen LogP contribution in [0.5, 0.6) is 0 Å². The minimum Gasteiger partial charge on any atom is -0.390 e. The van der Waals surface area contributed by atoms with Gasteiger partial charge < -0.3 is 35.0 Å². The molecule has 0 aliphatic carbocycles. The number of nitrogens with zero attached hydrogens (tertiary/aromatic N) is 4. The first-order chi connectivity index (χ1) is 27.0. The summed E-state index contributed by atoms with van der Waals surface area (Å²) >= 11 is 1.40. The standard InChI is InChI=1S/C43H70N6O7S/c1-13-28(6)38(48(10)43(54)36(26(2)3)46-41(53)37(27(4)5)47(8)9)34(55-11)23-35(51)49-21-17-20-33(49)39(56-12)29(7)40(52)45-32(22-30-18-15-14-16-19-30)42-44-31(24-50)25-57-42/h14-16,18-19,25-29,32-34,36-39,50H,13,17,20-24H2,1-12H3,(H,45,52)(H,46,53)/t28-,29+,32+,33-,34+,36-,37-,38+,39+/m1/s1. The lowest BCUT2D eigenvalue weighted by molar-refractivity contribution is -0.148. The third-order valence-corrected chi connectivity index (χ3v) is 12.6. The number of thiazole rings is 1. The predicted molar refractivity (Wildman–Crippen MR) is 224 cm³/mol. The number of hydrogen-bond donors (Lipinski definition) is 3. The van der Waals surface area contributed by atoms with Crippen molar-refractivity contribution in [3.8, 4) is 0 Å². The van der Waals surface area contributed by atoms with Crippen LogP contribution in [-0.4, -0.2) is 127 Å². The van der Waals surface area contributed by atoms with E-state index in [-0.39, 0.29) is 60.5 Å². The summed E-state index contributed by atoms with van der Waals surface area (Å²) in [6.07, 6.45) is 1.52. The zero-order valence-electron chi connectivity index (χ0n) is 36.4. The largest absolute Gasteiger partial charge is 0.390 e. The van der Waals surface area contributed by atoms with Gasteiger partial charge in [-0.3, -0.25) is 24.1 Å². The molecule has 2 aromatic rings. The van der Waals surface area contributed by atoms with Gasteiger partial charge in [-0.1, -0.05) is 85.2 Å². The average molecular weight is 815 g/mol. The highest BCUT2D eigenvalue weighted by Gasteiger charge is 2.43. The van der Waals surface area contributed by atoms with Crippen LogP contribution >= 0.6 is 11.3 Å². The van der Waals surface area contributed by atoms with E-state index >= 15 is 0 Å². The number of benzene rings is 1. The van der Waals surface area contributed by atoms with E-state index in [2.05, 4.69) is 22.5 Å². The number of amides is 4. The molecule has 320 valence electrons. The number of aliphatic hydroxyl groups excluding tert-OH is 1. The van der Waals surface area contributed by atoms with Gasteiger partial charge in [0.05, 0.1) is 61.0 Å². The molecule has 0 radical (unpaired) electrons. The SMILES string of the molecule is CC[C@@H](C)[C@@H]([C@H](CC(=O)N1CCC[C@@H]1[C@@H](OC)[C@H](C)C(=O)N[C@@H](Cc1ccccc1)c1nc(CO)cs1)OC)N(C)C(=O)[C@H](NC(=O)[C@@H](C(C)C)N(C)C)C(C)C. The first-order valence-electron chi connectivity index (χ1n) is 20.5. The quantitative estimate of drug-likeness (QED) is 0.154. The Balaban J connectivity index is 1.81. The molecule has 1 aromatic carbocycles. The van der Waals surface area contributed by atoms with Crippen molar-refractivity contribution in [1.29, 1.82) is 0 Å². The number of carbonyl (C=O) groups excluding carboxylic acids is 4. The zero-order chi connectivity index (χ0) is 42.6. The zero-order valence-corrected chi connectivity index (χ0v) is 37.2. The predicted octanol–water partition coefficient (Wildman–Crippen LogP) is 4.68. The van der Waals surface area contributed by atoms with Gasteiger partial charge in [0.15, 0.2) is 0 Å². The Kier molecular flexibility index (Phi) is 19.0. The maximum Gasteiger partial charge on any atom is 0.245 e. The van der Waals surface area contributed by atoms with Gasteiger partial charge in [-0.2, -0.15) is 0 Å². The van der Waals surface area contributed by atoms with Gasteiger partial charge in [0.25, 0.3) is 0 Å². The number of carbonyl (C=O) groups is 4. The summed E-state index contributed by atoms with van der Waals surface area (Å²) in [6, 6.07) is 7.49. The lowest BCUT2D eigenvalue weighted by atomic mass is 9.89. The summed E-state index contributed by atoms with van der Waals surface area (Å²) in [5.74, 6) is -1.54. The number of ether oxygens (including phenoxy) is 2. The number of rotatable bonds is 22. The van der Waals surface area contributed by atoms with Gasteiger partial charge >= 0.3 is 0 Å². The van der Waals surface area contributed by atoms with Crippen molar-refractivity contribution in [2.75, 3.05) is 41.9 Å². The van der Waals surface area contributed by atoms with Gasteiger partial charge in [-0.15, -0.1) is 11.3 Å². The van der Waals surface area contributed by atoms with E-state index in [0.717, 1.165) is 18.4 Å².